The number of methoxy groups -OCH3 is 1. The predicted octanol–water partition coefficient (Wildman–Crippen LogP) is 4.16. The van der Waals surface area contributed by atoms with Gasteiger partial charge in [-0.1, -0.05) is 91.0 Å². The van der Waals surface area contributed by atoms with E-state index in [-0.39, 0.29) is 6.61 Å². The van der Waals surface area contributed by atoms with Gasteiger partial charge in [0.25, 0.3) is 0 Å². The normalized spacial score (nSPS) is 22.4. The van der Waals surface area contributed by atoms with Crippen LogP contribution < -0.4 is 0 Å². The van der Waals surface area contributed by atoms with Crippen LogP contribution >= 0.6 is 0 Å². The van der Waals surface area contributed by atoms with E-state index in [0.29, 0.717) is 0 Å². The molecular formula is C32H34O9. The van der Waals surface area contributed by atoms with Gasteiger partial charge in [-0.2, -0.15) is 0 Å². The first kappa shape index (κ1) is 29.9. The van der Waals surface area contributed by atoms with E-state index in [0.717, 1.165) is 16.7 Å². The fourth-order valence-electron chi connectivity index (χ4n) is 5.15. The average molecular weight is 563 g/mol. The first-order chi connectivity index (χ1) is 19.8. The van der Waals surface area contributed by atoms with Crippen LogP contribution in [0.5, 0.6) is 0 Å². The van der Waals surface area contributed by atoms with Gasteiger partial charge < -0.3 is 28.4 Å². The number of carbonyl (C=O) groups excluding carboxylic acids is 3. The second-order valence-electron chi connectivity index (χ2n) is 9.59. The molecule has 5 unspecified atom stereocenters. The second-order valence-corrected chi connectivity index (χ2v) is 9.59. The molecule has 9 nitrogen and oxygen atoms in total. The van der Waals surface area contributed by atoms with Gasteiger partial charge >= 0.3 is 17.9 Å². The molecule has 0 bridgehead atoms. The molecule has 1 aliphatic rings. The molecule has 0 N–H and O–H groups in total. The highest BCUT2D eigenvalue weighted by Gasteiger charge is 2.53. The number of ether oxygens (including phenoxy) is 6. The maximum atomic E-state index is 12.2. The van der Waals surface area contributed by atoms with Crippen molar-refractivity contribution in [2.24, 2.45) is 0 Å². The lowest BCUT2D eigenvalue weighted by Crippen LogP contribution is -2.63. The van der Waals surface area contributed by atoms with Crippen LogP contribution in [-0.4, -0.2) is 62.3 Å². The van der Waals surface area contributed by atoms with Crippen LogP contribution in [0.15, 0.2) is 91.0 Å². The summed E-state index contributed by atoms with van der Waals surface area (Å²) >= 11 is 0. The molecule has 3 aromatic carbocycles. The number of esters is 3. The molecule has 4 rings (SSSR count). The van der Waals surface area contributed by atoms with E-state index >= 15 is 0 Å². The fourth-order valence-corrected chi connectivity index (χ4v) is 5.15. The van der Waals surface area contributed by atoms with Gasteiger partial charge in [-0.15, -0.1) is 0 Å². The van der Waals surface area contributed by atoms with E-state index in [4.69, 9.17) is 28.4 Å². The second kappa shape index (κ2) is 13.5. The molecule has 41 heavy (non-hydrogen) atoms. The third kappa shape index (κ3) is 6.82. The van der Waals surface area contributed by atoms with E-state index in [1.54, 1.807) is 0 Å². The van der Waals surface area contributed by atoms with Gasteiger partial charge in [-0.25, -0.2) is 0 Å². The molecule has 5 atom stereocenters. The molecular weight excluding hydrogens is 528 g/mol. The molecule has 0 spiro atoms. The zero-order valence-electron chi connectivity index (χ0n) is 23.4. The highest BCUT2D eigenvalue weighted by Crippen LogP contribution is 2.41. The van der Waals surface area contributed by atoms with Gasteiger partial charge in [0.2, 0.25) is 0 Å². The van der Waals surface area contributed by atoms with Crippen molar-refractivity contribution < 1.29 is 42.8 Å². The lowest BCUT2D eigenvalue weighted by Gasteiger charge is -2.45. The van der Waals surface area contributed by atoms with Crippen LogP contribution in [0.1, 0.15) is 37.5 Å². The quantitative estimate of drug-likeness (QED) is 0.205. The molecule has 0 aliphatic carbocycles. The largest absolute Gasteiger partial charge is 0.456 e. The van der Waals surface area contributed by atoms with Crippen molar-refractivity contribution in [3.05, 3.63) is 108 Å². The summed E-state index contributed by atoms with van der Waals surface area (Å²) in [5.41, 5.74) is 1.47. The molecule has 1 aliphatic heterocycles. The van der Waals surface area contributed by atoms with Gasteiger partial charge in [-0.3, -0.25) is 14.4 Å². The molecule has 9 heteroatoms. The minimum atomic E-state index is -1.22. The smallest absolute Gasteiger partial charge is 0.303 e. The zero-order valence-corrected chi connectivity index (χ0v) is 23.4. The molecule has 3 aromatic rings. The van der Waals surface area contributed by atoms with Gasteiger partial charge in [0, 0.05) is 27.9 Å². The van der Waals surface area contributed by atoms with E-state index in [2.05, 4.69) is 0 Å². The number of carbonyl (C=O) groups is 3. The summed E-state index contributed by atoms with van der Waals surface area (Å²) in [6.45, 7) is 3.53. The van der Waals surface area contributed by atoms with E-state index in [9.17, 15) is 14.4 Å². The molecule has 1 fully saturated rings. The average Bonchev–Trinajstić information content (AvgIpc) is 2.97. The maximum Gasteiger partial charge on any atom is 0.303 e. The summed E-state index contributed by atoms with van der Waals surface area (Å²) in [5, 5.41) is 0. The van der Waals surface area contributed by atoms with Gasteiger partial charge in [0.05, 0.1) is 6.61 Å². The molecule has 216 valence electrons. The number of hydrogen-bond donors (Lipinski definition) is 0. The Bertz CT molecular complexity index is 1200. The molecule has 0 aromatic heterocycles. The van der Waals surface area contributed by atoms with E-state index < -0.39 is 54.2 Å². The molecule has 0 saturated carbocycles. The Morgan fingerprint density at radius 2 is 1.02 bits per heavy atom. The summed E-state index contributed by atoms with van der Waals surface area (Å²) in [6.07, 6.45) is -5.69. The third-order valence-electron chi connectivity index (χ3n) is 6.73. The Hall–Kier alpha value is -4.05. The summed E-state index contributed by atoms with van der Waals surface area (Å²) in [6, 6.07) is 29.2. The standard InChI is InChI=1S/C32H34O9/c1-21(33)38-28-27(41-31(36-4)30(40-23(3)35)29(28)39-22(2)34)20-37-32(24-14-8-5-9-15-24,25-16-10-6-11-17-25)26-18-12-7-13-19-26/h5-19,27-31H,20H2,1-4H3. The fraction of sp³-hybridized carbons (Fsp3) is 0.344. The Morgan fingerprint density at radius 1 is 0.634 bits per heavy atom. The predicted molar refractivity (Wildman–Crippen MR) is 147 cm³/mol. The minimum Gasteiger partial charge on any atom is -0.456 e. The Morgan fingerprint density at radius 3 is 1.41 bits per heavy atom. The number of rotatable bonds is 10. The summed E-state index contributed by atoms with van der Waals surface area (Å²) in [7, 11) is 1.37. The first-order valence-corrected chi connectivity index (χ1v) is 13.3. The molecule has 0 amide bonds. The highest BCUT2D eigenvalue weighted by molar-refractivity contribution is 5.68. The van der Waals surface area contributed by atoms with Crippen molar-refractivity contribution >= 4 is 17.9 Å². The Labute approximate surface area is 239 Å². The topological polar surface area (TPSA) is 107 Å². The van der Waals surface area contributed by atoms with Crippen molar-refractivity contribution in [3.8, 4) is 0 Å². The van der Waals surface area contributed by atoms with Crippen LogP contribution in [0.25, 0.3) is 0 Å². The summed E-state index contributed by atoms with van der Waals surface area (Å²) < 4.78 is 35.2. The Kier molecular flexibility index (Phi) is 9.88. The van der Waals surface area contributed by atoms with Crippen LogP contribution in [0, 0.1) is 0 Å². The van der Waals surface area contributed by atoms with Crippen LogP contribution in [0.2, 0.25) is 0 Å². The molecule has 1 heterocycles. The maximum absolute atomic E-state index is 12.2. The third-order valence-corrected chi connectivity index (χ3v) is 6.73. The SMILES string of the molecule is COC1OC(COC(c2ccccc2)(c2ccccc2)c2ccccc2)C(OC(C)=O)C(OC(C)=O)C1OC(C)=O. The van der Waals surface area contributed by atoms with E-state index in [1.807, 2.05) is 91.0 Å². The van der Waals surface area contributed by atoms with E-state index in [1.165, 1.54) is 27.9 Å². The highest BCUT2D eigenvalue weighted by atomic mass is 16.7. The first-order valence-electron chi connectivity index (χ1n) is 13.3. The molecule has 0 radical (unpaired) electrons. The van der Waals surface area contributed by atoms with Crippen molar-refractivity contribution in [1.29, 1.82) is 0 Å². The number of benzene rings is 3. The number of hydrogen-bond acceptors (Lipinski definition) is 9. The van der Waals surface area contributed by atoms with Crippen LogP contribution in [0.4, 0.5) is 0 Å². The molecule has 1 saturated heterocycles. The van der Waals surface area contributed by atoms with Crippen molar-refractivity contribution in [3.63, 3.8) is 0 Å². The Balaban J connectivity index is 1.80. The summed E-state index contributed by atoms with van der Waals surface area (Å²) in [5.74, 6) is -1.95. The van der Waals surface area contributed by atoms with Crippen molar-refractivity contribution in [2.45, 2.75) is 57.1 Å². The van der Waals surface area contributed by atoms with Gasteiger partial charge in [0.1, 0.15) is 11.7 Å². The lowest BCUT2D eigenvalue weighted by atomic mass is 9.80. The monoisotopic (exact) mass is 562 g/mol. The van der Waals surface area contributed by atoms with Crippen LogP contribution in [-0.2, 0) is 48.4 Å². The van der Waals surface area contributed by atoms with Gasteiger partial charge in [0.15, 0.2) is 24.6 Å². The van der Waals surface area contributed by atoms with Gasteiger partial charge in [-0.05, 0) is 16.7 Å². The zero-order chi connectivity index (χ0) is 29.4. The van der Waals surface area contributed by atoms with Crippen molar-refractivity contribution in [1.82, 2.24) is 0 Å². The van der Waals surface area contributed by atoms with Crippen molar-refractivity contribution in [2.75, 3.05) is 13.7 Å². The lowest BCUT2D eigenvalue weighted by molar-refractivity contribution is -0.306. The summed E-state index contributed by atoms with van der Waals surface area (Å²) in [4.78, 5) is 36.3. The van der Waals surface area contributed by atoms with Crippen LogP contribution in [0.3, 0.4) is 0 Å². The minimum absolute atomic E-state index is 0.124.